The summed E-state index contributed by atoms with van der Waals surface area (Å²) >= 11 is 0. The van der Waals surface area contributed by atoms with E-state index in [0.29, 0.717) is 12.0 Å². The fraction of sp³-hybridized carbons (Fsp3) is 0.400. The van der Waals surface area contributed by atoms with E-state index in [1.165, 1.54) is 0 Å². The largest absolute Gasteiger partial charge is 0.451 e. The molecule has 4 heteroatoms. The van der Waals surface area contributed by atoms with Crippen molar-refractivity contribution in [3.05, 3.63) is 35.6 Å². The summed E-state index contributed by atoms with van der Waals surface area (Å²) in [5.74, 6) is -0.00620. The average Bonchev–Trinajstić information content (AvgIpc) is 2.79. The zero-order valence-corrected chi connectivity index (χ0v) is 11.3. The van der Waals surface area contributed by atoms with E-state index in [9.17, 15) is 9.90 Å². The fourth-order valence-corrected chi connectivity index (χ4v) is 2.01. The topological polar surface area (TPSA) is 62.5 Å². The van der Waals surface area contributed by atoms with Gasteiger partial charge in [-0.2, -0.15) is 0 Å². The standard InChI is InChI=1S/C15H19NO3/c1-3-4-12(17)9-16-15(18)14-8-11-7-10(2)5-6-13(11)19-14/h5-8,12,17H,3-4,9H2,1-2H3,(H,16,18). The minimum absolute atomic E-state index is 0.253. The van der Waals surface area contributed by atoms with Crippen LogP contribution >= 0.6 is 0 Å². The first-order chi connectivity index (χ1) is 9.10. The predicted molar refractivity (Wildman–Crippen MR) is 74.2 cm³/mol. The molecule has 2 aromatic rings. The van der Waals surface area contributed by atoms with Crippen LogP contribution in [0.1, 0.15) is 35.9 Å². The van der Waals surface area contributed by atoms with Crippen LogP contribution in [-0.2, 0) is 0 Å². The maximum absolute atomic E-state index is 11.9. The number of benzene rings is 1. The normalized spacial score (nSPS) is 12.6. The van der Waals surface area contributed by atoms with E-state index in [4.69, 9.17) is 4.42 Å². The number of nitrogens with one attached hydrogen (secondary N) is 1. The molecule has 0 saturated carbocycles. The molecule has 0 fully saturated rings. The van der Waals surface area contributed by atoms with E-state index in [-0.39, 0.29) is 18.2 Å². The maximum atomic E-state index is 11.9. The van der Waals surface area contributed by atoms with Crippen LogP contribution in [0.15, 0.2) is 28.7 Å². The van der Waals surface area contributed by atoms with Crippen LogP contribution in [0.4, 0.5) is 0 Å². The van der Waals surface area contributed by atoms with Crippen LogP contribution in [0.2, 0.25) is 0 Å². The van der Waals surface area contributed by atoms with E-state index in [1.54, 1.807) is 6.07 Å². The molecule has 2 N–H and O–H groups in total. The Morgan fingerprint density at radius 3 is 2.95 bits per heavy atom. The lowest BCUT2D eigenvalue weighted by molar-refractivity contribution is 0.0885. The van der Waals surface area contributed by atoms with Gasteiger partial charge in [0.25, 0.3) is 5.91 Å². The van der Waals surface area contributed by atoms with Crippen LogP contribution in [-0.4, -0.2) is 23.7 Å². The highest BCUT2D eigenvalue weighted by Crippen LogP contribution is 2.20. The number of aliphatic hydroxyl groups excluding tert-OH is 1. The predicted octanol–water partition coefficient (Wildman–Crippen LogP) is 2.63. The summed E-state index contributed by atoms with van der Waals surface area (Å²) in [6, 6.07) is 7.50. The van der Waals surface area contributed by atoms with Gasteiger partial charge in [0.2, 0.25) is 0 Å². The molecule has 1 aromatic heterocycles. The van der Waals surface area contributed by atoms with Crippen LogP contribution in [0.25, 0.3) is 11.0 Å². The van der Waals surface area contributed by atoms with E-state index in [1.807, 2.05) is 32.0 Å². The number of fused-ring (bicyclic) bond motifs is 1. The molecular formula is C15H19NO3. The van der Waals surface area contributed by atoms with Crippen molar-refractivity contribution in [1.82, 2.24) is 5.32 Å². The molecule has 0 spiro atoms. The summed E-state index contributed by atoms with van der Waals surface area (Å²) < 4.78 is 5.48. The fourth-order valence-electron chi connectivity index (χ4n) is 2.01. The zero-order valence-electron chi connectivity index (χ0n) is 11.3. The van der Waals surface area contributed by atoms with Crippen molar-refractivity contribution in [3.63, 3.8) is 0 Å². The van der Waals surface area contributed by atoms with Crippen molar-refractivity contribution >= 4 is 16.9 Å². The summed E-state index contributed by atoms with van der Waals surface area (Å²) in [6.07, 6.45) is 1.07. The quantitative estimate of drug-likeness (QED) is 0.869. The number of aliphatic hydroxyl groups is 1. The molecule has 0 saturated heterocycles. The molecule has 1 heterocycles. The molecule has 2 rings (SSSR count). The molecule has 1 unspecified atom stereocenters. The maximum Gasteiger partial charge on any atom is 0.287 e. The Balaban J connectivity index is 2.05. The van der Waals surface area contributed by atoms with Gasteiger partial charge < -0.3 is 14.8 Å². The van der Waals surface area contributed by atoms with Gasteiger partial charge in [-0.3, -0.25) is 4.79 Å². The first kappa shape index (κ1) is 13.6. The lowest BCUT2D eigenvalue weighted by atomic mass is 10.2. The second-order valence-electron chi connectivity index (χ2n) is 4.80. The molecule has 1 aromatic carbocycles. The van der Waals surface area contributed by atoms with Gasteiger partial charge in [-0.25, -0.2) is 0 Å². The van der Waals surface area contributed by atoms with Gasteiger partial charge in [-0.05, 0) is 31.5 Å². The second-order valence-corrected chi connectivity index (χ2v) is 4.80. The van der Waals surface area contributed by atoms with Gasteiger partial charge in [0.15, 0.2) is 5.76 Å². The summed E-state index contributed by atoms with van der Waals surface area (Å²) in [4.78, 5) is 11.9. The van der Waals surface area contributed by atoms with Gasteiger partial charge in [0.05, 0.1) is 6.10 Å². The van der Waals surface area contributed by atoms with Gasteiger partial charge >= 0.3 is 0 Å². The van der Waals surface area contributed by atoms with Gasteiger partial charge in [-0.15, -0.1) is 0 Å². The molecule has 0 bridgehead atoms. The minimum atomic E-state index is -0.499. The molecule has 0 radical (unpaired) electrons. The van der Waals surface area contributed by atoms with Crippen LogP contribution in [0, 0.1) is 6.92 Å². The number of hydrogen-bond donors (Lipinski definition) is 2. The average molecular weight is 261 g/mol. The number of carbonyl (C=O) groups excluding carboxylic acids is 1. The third kappa shape index (κ3) is 3.35. The molecule has 0 aliphatic rings. The highest BCUT2D eigenvalue weighted by atomic mass is 16.3. The smallest absolute Gasteiger partial charge is 0.287 e. The van der Waals surface area contributed by atoms with E-state index < -0.39 is 6.10 Å². The van der Waals surface area contributed by atoms with Crippen molar-refractivity contribution in [2.75, 3.05) is 6.54 Å². The monoisotopic (exact) mass is 261 g/mol. The number of amides is 1. The van der Waals surface area contributed by atoms with E-state index >= 15 is 0 Å². The molecule has 4 nitrogen and oxygen atoms in total. The number of hydrogen-bond acceptors (Lipinski definition) is 3. The Morgan fingerprint density at radius 2 is 2.21 bits per heavy atom. The molecule has 1 atom stereocenters. The Hall–Kier alpha value is -1.81. The molecule has 0 aliphatic carbocycles. The van der Waals surface area contributed by atoms with E-state index in [2.05, 4.69) is 5.32 Å². The van der Waals surface area contributed by atoms with Crippen LogP contribution < -0.4 is 5.32 Å². The number of aryl methyl sites for hydroxylation is 1. The number of rotatable bonds is 5. The third-order valence-electron chi connectivity index (χ3n) is 3.02. The van der Waals surface area contributed by atoms with Gasteiger partial charge in [0.1, 0.15) is 5.58 Å². The lowest BCUT2D eigenvalue weighted by Crippen LogP contribution is -2.31. The van der Waals surface area contributed by atoms with Gasteiger partial charge in [0, 0.05) is 11.9 Å². The van der Waals surface area contributed by atoms with Crippen molar-refractivity contribution in [2.24, 2.45) is 0 Å². The minimum Gasteiger partial charge on any atom is -0.451 e. The van der Waals surface area contributed by atoms with Crippen molar-refractivity contribution in [3.8, 4) is 0 Å². The molecule has 0 aliphatic heterocycles. The highest BCUT2D eigenvalue weighted by molar-refractivity contribution is 5.96. The Morgan fingerprint density at radius 1 is 1.42 bits per heavy atom. The van der Waals surface area contributed by atoms with Gasteiger partial charge in [-0.1, -0.05) is 25.0 Å². The summed E-state index contributed by atoms with van der Waals surface area (Å²) in [5.41, 5.74) is 1.82. The number of carbonyl (C=O) groups is 1. The van der Waals surface area contributed by atoms with E-state index in [0.717, 1.165) is 17.4 Å². The summed E-state index contributed by atoms with van der Waals surface area (Å²) in [5, 5.41) is 13.2. The van der Waals surface area contributed by atoms with Crippen molar-refractivity contribution < 1.29 is 14.3 Å². The van der Waals surface area contributed by atoms with Crippen molar-refractivity contribution in [1.29, 1.82) is 0 Å². The SMILES string of the molecule is CCCC(O)CNC(=O)c1cc2cc(C)ccc2o1. The molecule has 102 valence electrons. The highest BCUT2D eigenvalue weighted by Gasteiger charge is 2.13. The third-order valence-corrected chi connectivity index (χ3v) is 3.02. The zero-order chi connectivity index (χ0) is 13.8. The van der Waals surface area contributed by atoms with Crippen LogP contribution in [0.5, 0.6) is 0 Å². The molecule has 19 heavy (non-hydrogen) atoms. The lowest BCUT2D eigenvalue weighted by Gasteiger charge is -2.09. The van der Waals surface area contributed by atoms with Crippen molar-refractivity contribution in [2.45, 2.75) is 32.8 Å². The second kappa shape index (κ2) is 5.89. The van der Waals surface area contributed by atoms with Crippen LogP contribution in [0.3, 0.4) is 0 Å². The Kier molecular flexibility index (Phi) is 4.22. The Bertz CT molecular complexity index is 574. The molecular weight excluding hydrogens is 242 g/mol. The molecule has 1 amide bonds. The summed E-state index contributed by atoms with van der Waals surface area (Å²) in [7, 11) is 0. The number of furan rings is 1. The Labute approximate surface area is 112 Å². The first-order valence-electron chi connectivity index (χ1n) is 6.56. The first-order valence-corrected chi connectivity index (χ1v) is 6.56. The summed E-state index contributed by atoms with van der Waals surface area (Å²) in [6.45, 7) is 4.24.